The van der Waals surface area contributed by atoms with Crippen molar-refractivity contribution in [3.8, 4) is 17.1 Å². The van der Waals surface area contributed by atoms with Gasteiger partial charge in [-0.15, -0.1) is 0 Å². The molecule has 1 aliphatic heterocycles. The van der Waals surface area contributed by atoms with Crippen molar-refractivity contribution in [2.75, 3.05) is 38.2 Å². The van der Waals surface area contributed by atoms with E-state index in [1.807, 2.05) is 17.0 Å². The highest BCUT2D eigenvalue weighted by Gasteiger charge is 2.28. The van der Waals surface area contributed by atoms with E-state index in [1.54, 1.807) is 41.3 Å². The highest BCUT2D eigenvalue weighted by molar-refractivity contribution is 6.30. The van der Waals surface area contributed by atoms with Gasteiger partial charge in [0.05, 0.1) is 18.1 Å². The number of hydrogen-bond acceptors (Lipinski definition) is 6. The number of nitro benzene ring substituents is 1. The van der Waals surface area contributed by atoms with E-state index in [0.29, 0.717) is 48.4 Å². The second-order valence-electron chi connectivity index (χ2n) is 7.07. The molecule has 0 bridgehead atoms. The second-order valence-corrected chi connectivity index (χ2v) is 7.50. The van der Waals surface area contributed by atoms with E-state index in [4.69, 9.17) is 20.8 Å². The fraction of sp³-hybridized carbons (Fsp3) is 0.227. The molecule has 8 nitrogen and oxygen atoms in total. The molecule has 0 spiro atoms. The van der Waals surface area contributed by atoms with Gasteiger partial charge in [0.2, 0.25) is 0 Å². The van der Waals surface area contributed by atoms with Crippen molar-refractivity contribution in [2.24, 2.45) is 0 Å². The third kappa shape index (κ3) is 4.34. The number of piperazine rings is 1. The van der Waals surface area contributed by atoms with E-state index in [0.717, 1.165) is 5.56 Å². The summed E-state index contributed by atoms with van der Waals surface area (Å²) < 4.78 is 10.9. The fourth-order valence-electron chi connectivity index (χ4n) is 3.60. The van der Waals surface area contributed by atoms with Gasteiger partial charge in [0.1, 0.15) is 17.2 Å². The van der Waals surface area contributed by atoms with Crippen LogP contribution in [-0.4, -0.2) is 49.0 Å². The number of rotatable bonds is 5. The first kappa shape index (κ1) is 20.7. The smallest absolute Gasteiger partial charge is 0.296 e. The first-order valence-electron chi connectivity index (χ1n) is 9.68. The summed E-state index contributed by atoms with van der Waals surface area (Å²) >= 11 is 6.03. The lowest BCUT2D eigenvalue weighted by molar-refractivity contribution is -0.384. The van der Waals surface area contributed by atoms with Crippen molar-refractivity contribution in [1.29, 1.82) is 0 Å². The minimum atomic E-state index is -0.421. The summed E-state index contributed by atoms with van der Waals surface area (Å²) in [5.41, 5.74) is 1.29. The van der Waals surface area contributed by atoms with Crippen molar-refractivity contribution in [2.45, 2.75) is 0 Å². The molecule has 0 saturated carbocycles. The van der Waals surface area contributed by atoms with Gasteiger partial charge >= 0.3 is 0 Å². The number of nitrogens with zero attached hydrogens (tertiary/aromatic N) is 3. The number of anilines is 1. The molecule has 31 heavy (non-hydrogen) atoms. The van der Waals surface area contributed by atoms with Crippen LogP contribution in [0.3, 0.4) is 0 Å². The first-order chi connectivity index (χ1) is 15.0. The summed E-state index contributed by atoms with van der Waals surface area (Å²) in [4.78, 5) is 27.5. The minimum absolute atomic E-state index is 0.0173. The summed E-state index contributed by atoms with van der Waals surface area (Å²) in [6.45, 7) is 1.80. The average molecular weight is 442 g/mol. The Morgan fingerprint density at radius 2 is 1.87 bits per heavy atom. The SMILES string of the molecule is COc1ccc(N2CCN(C(=O)c3ccc(-c4cccc(Cl)c4)o3)CC2)c([N+](=O)[O-])c1. The van der Waals surface area contributed by atoms with Crippen molar-refractivity contribution in [3.05, 3.63) is 75.5 Å². The van der Waals surface area contributed by atoms with Crippen molar-refractivity contribution in [1.82, 2.24) is 4.90 Å². The summed E-state index contributed by atoms with van der Waals surface area (Å²) in [7, 11) is 1.47. The molecule has 1 amide bonds. The number of furan rings is 1. The first-order valence-corrected chi connectivity index (χ1v) is 10.1. The Morgan fingerprint density at radius 1 is 1.10 bits per heavy atom. The van der Waals surface area contributed by atoms with E-state index < -0.39 is 4.92 Å². The predicted octanol–water partition coefficient (Wildman–Crippen LogP) is 4.48. The Balaban J connectivity index is 1.45. The molecule has 1 aromatic heterocycles. The largest absolute Gasteiger partial charge is 0.496 e. The summed E-state index contributed by atoms with van der Waals surface area (Å²) in [6, 6.07) is 15.4. The van der Waals surface area contributed by atoms with Gasteiger partial charge in [-0.2, -0.15) is 0 Å². The van der Waals surface area contributed by atoms with E-state index in [-0.39, 0.29) is 17.4 Å². The van der Waals surface area contributed by atoms with Crippen molar-refractivity contribution < 1.29 is 18.9 Å². The molecule has 1 aliphatic rings. The summed E-state index contributed by atoms with van der Waals surface area (Å²) in [5, 5.41) is 12.1. The molecule has 0 unspecified atom stereocenters. The van der Waals surface area contributed by atoms with Crippen LogP contribution >= 0.6 is 11.6 Å². The monoisotopic (exact) mass is 441 g/mol. The molecule has 0 N–H and O–H groups in total. The molecular formula is C22H20ClN3O5. The lowest BCUT2D eigenvalue weighted by Crippen LogP contribution is -2.48. The Hall–Kier alpha value is -3.52. The van der Waals surface area contributed by atoms with Gasteiger partial charge in [-0.25, -0.2) is 0 Å². The Kier molecular flexibility index (Phi) is 5.81. The number of amides is 1. The van der Waals surface area contributed by atoms with Gasteiger partial charge < -0.3 is 19.0 Å². The molecule has 2 aromatic carbocycles. The Labute approximate surface area is 183 Å². The van der Waals surface area contributed by atoms with Gasteiger partial charge in [0.25, 0.3) is 11.6 Å². The molecule has 1 saturated heterocycles. The van der Waals surface area contributed by atoms with Crippen molar-refractivity contribution in [3.63, 3.8) is 0 Å². The maximum atomic E-state index is 12.9. The Morgan fingerprint density at radius 3 is 2.55 bits per heavy atom. The zero-order valence-corrected chi connectivity index (χ0v) is 17.5. The normalized spacial score (nSPS) is 13.9. The van der Waals surface area contributed by atoms with E-state index in [1.165, 1.54) is 13.2 Å². The lowest BCUT2D eigenvalue weighted by Gasteiger charge is -2.35. The van der Waals surface area contributed by atoms with Gasteiger partial charge in [-0.05, 0) is 36.4 Å². The maximum absolute atomic E-state index is 12.9. The minimum Gasteiger partial charge on any atom is -0.496 e. The van der Waals surface area contributed by atoms with Gasteiger partial charge in [0, 0.05) is 36.8 Å². The number of halogens is 1. The fourth-order valence-corrected chi connectivity index (χ4v) is 3.79. The third-order valence-electron chi connectivity index (χ3n) is 5.21. The van der Waals surface area contributed by atoms with Gasteiger partial charge in [-0.3, -0.25) is 14.9 Å². The number of hydrogen-bond donors (Lipinski definition) is 0. The highest BCUT2D eigenvalue weighted by atomic mass is 35.5. The molecule has 9 heteroatoms. The van der Waals surface area contributed by atoms with E-state index in [9.17, 15) is 14.9 Å². The van der Waals surface area contributed by atoms with Crippen LogP contribution in [0, 0.1) is 10.1 Å². The van der Waals surface area contributed by atoms with E-state index in [2.05, 4.69) is 0 Å². The zero-order valence-electron chi connectivity index (χ0n) is 16.8. The van der Waals surface area contributed by atoms with Crippen LogP contribution in [0.1, 0.15) is 10.6 Å². The molecular weight excluding hydrogens is 422 g/mol. The number of carbonyl (C=O) groups is 1. The lowest BCUT2D eigenvalue weighted by atomic mass is 10.2. The standard InChI is InChI=1S/C22H20ClN3O5/c1-30-17-5-6-18(19(14-17)26(28)29)24-9-11-25(12-10-24)22(27)21-8-7-20(31-21)15-3-2-4-16(23)13-15/h2-8,13-14H,9-12H2,1H3. The van der Waals surface area contributed by atoms with Crippen LogP contribution in [-0.2, 0) is 0 Å². The molecule has 1 fully saturated rings. The summed E-state index contributed by atoms with van der Waals surface area (Å²) in [6.07, 6.45) is 0. The maximum Gasteiger partial charge on any atom is 0.296 e. The molecule has 0 radical (unpaired) electrons. The van der Waals surface area contributed by atoms with Crippen LogP contribution in [0.4, 0.5) is 11.4 Å². The molecule has 0 atom stereocenters. The highest BCUT2D eigenvalue weighted by Crippen LogP contribution is 2.33. The van der Waals surface area contributed by atoms with Crippen molar-refractivity contribution >= 4 is 28.9 Å². The van der Waals surface area contributed by atoms with Crippen LogP contribution in [0.15, 0.2) is 59.0 Å². The quantitative estimate of drug-likeness (QED) is 0.428. The third-order valence-corrected chi connectivity index (χ3v) is 5.45. The van der Waals surface area contributed by atoms with E-state index >= 15 is 0 Å². The molecule has 4 rings (SSSR count). The number of carbonyl (C=O) groups excluding carboxylic acids is 1. The van der Waals surface area contributed by atoms with Gasteiger partial charge in [0.15, 0.2) is 5.76 Å². The van der Waals surface area contributed by atoms with Crippen LogP contribution in [0.5, 0.6) is 5.75 Å². The number of methoxy groups -OCH3 is 1. The number of nitro groups is 1. The van der Waals surface area contributed by atoms with Crippen LogP contribution < -0.4 is 9.64 Å². The Bertz CT molecular complexity index is 1120. The predicted molar refractivity (Wildman–Crippen MR) is 117 cm³/mol. The van der Waals surface area contributed by atoms with Crippen LogP contribution in [0.25, 0.3) is 11.3 Å². The molecule has 160 valence electrons. The number of benzene rings is 2. The molecule has 0 aliphatic carbocycles. The topological polar surface area (TPSA) is 89.1 Å². The van der Waals surface area contributed by atoms with Crippen LogP contribution in [0.2, 0.25) is 5.02 Å². The average Bonchev–Trinajstić information content (AvgIpc) is 3.28. The molecule has 3 aromatic rings. The van der Waals surface area contributed by atoms with Gasteiger partial charge in [-0.1, -0.05) is 23.7 Å². The zero-order chi connectivity index (χ0) is 22.0. The molecule has 2 heterocycles. The summed E-state index contributed by atoms with van der Waals surface area (Å²) in [5.74, 6) is 1.03. The number of ether oxygens (including phenoxy) is 1. The second kappa shape index (κ2) is 8.69.